The average molecular weight is 298 g/mol. The number of hydrogen-bond donors (Lipinski definition) is 1. The van der Waals surface area contributed by atoms with Crippen molar-refractivity contribution in [1.29, 1.82) is 0 Å². The molecule has 0 aromatic heterocycles. The Kier molecular flexibility index (Phi) is 4.75. The van der Waals surface area contributed by atoms with Crippen molar-refractivity contribution in [2.45, 2.75) is 36.3 Å². The first-order valence-electron chi connectivity index (χ1n) is 6.74. The molecule has 1 fully saturated rings. The van der Waals surface area contributed by atoms with Crippen LogP contribution in [0.4, 0.5) is 10.1 Å². The van der Waals surface area contributed by atoms with Crippen molar-refractivity contribution < 1.29 is 13.4 Å². The average Bonchev–Trinajstić information content (AvgIpc) is 2.45. The Morgan fingerprint density at radius 3 is 2.55 bits per heavy atom. The molecule has 4 nitrogen and oxygen atoms in total. The molecule has 6 heteroatoms. The lowest BCUT2D eigenvalue weighted by Gasteiger charge is -2.29. The van der Waals surface area contributed by atoms with Gasteiger partial charge in [0, 0.05) is 23.7 Å². The molecule has 0 spiro atoms. The van der Waals surface area contributed by atoms with Crippen LogP contribution in [0.2, 0.25) is 0 Å². The molecular formula is C14H19FN2O2S. The molecule has 2 unspecified atom stereocenters. The van der Waals surface area contributed by atoms with Gasteiger partial charge in [0.25, 0.3) is 0 Å². The Hall–Kier alpha value is -1.43. The highest BCUT2D eigenvalue weighted by Gasteiger charge is 2.27. The summed E-state index contributed by atoms with van der Waals surface area (Å²) in [6.07, 6.45) is 3.09. The highest BCUT2D eigenvalue weighted by molar-refractivity contribution is 7.86. The van der Waals surface area contributed by atoms with Crippen molar-refractivity contribution >= 4 is 22.4 Å². The number of piperidine rings is 1. The summed E-state index contributed by atoms with van der Waals surface area (Å²) < 4.78 is 25.7. The maximum Gasteiger partial charge on any atom is 0.238 e. The number of hydrogen-bond acceptors (Lipinski definition) is 3. The van der Waals surface area contributed by atoms with Gasteiger partial charge in [-0.3, -0.25) is 9.00 Å². The number of nitrogen functional groups attached to an aromatic ring is 1. The normalized spacial score (nSPS) is 18.6. The lowest BCUT2D eigenvalue weighted by molar-refractivity contribution is -0.131. The largest absolute Gasteiger partial charge is 0.399 e. The van der Waals surface area contributed by atoms with E-state index < -0.39 is 21.9 Å². The van der Waals surface area contributed by atoms with Gasteiger partial charge in [-0.15, -0.1) is 0 Å². The lowest BCUT2D eigenvalue weighted by Crippen LogP contribution is -2.42. The number of likely N-dealkylation sites (tertiary alicyclic amines) is 1. The predicted molar refractivity (Wildman–Crippen MR) is 77.1 cm³/mol. The second-order valence-corrected chi connectivity index (χ2v) is 6.82. The van der Waals surface area contributed by atoms with Crippen molar-refractivity contribution in [1.82, 2.24) is 4.90 Å². The Morgan fingerprint density at radius 2 is 1.95 bits per heavy atom. The summed E-state index contributed by atoms with van der Waals surface area (Å²) in [7, 11) is -1.59. The maximum atomic E-state index is 13.3. The van der Waals surface area contributed by atoms with Crippen molar-refractivity contribution in [3.63, 3.8) is 0 Å². The third-order valence-electron chi connectivity index (χ3n) is 3.46. The van der Waals surface area contributed by atoms with Gasteiger partial charge in [-0.2, -0.15) is 0 Å². The van der Waals surface area contributed by atoms with E-state index in [2.05, 4.69) is 0 Å². The van der Waals surface area contributed by atoms with Gasteiger partial charge in [0.2, 0.25) is 5.91 Å². The fraction of sp³-hybridized carbons (Fsp3) is 0.500. The summed E-state index contributed by atoms with van der Waals surface area (Å²) in [6.45, 7) is 3.05. The zero-order valence-electron chi connectivity index (χ0n) is 11.5. The molecule has 1 aliphatic heterocycles. The Morgan fingerprint density at radius 1 is 1.30 bits per heavy atom. The van der Waals surface area contributed by atoms with Crippen LogP contribution < -0.4 is 5.73 Å². The van der Waals surface area contributed by atoms with E-state index in [1.807, 2.05) is 0 Å². The molecule has 0 bridgehead atoms. The molecule has 1 aromatic rings. The minimum absolute atomic E-state index is 0.133. The number of carbonyl (C=O) groups is 1. The molecule has 0 radical (unpaired) electrons. The standard InChI is InChI=1S/C14H19FN2O2S/c1-10(14(18)17-5-3-2-4-6-17)20(19)13-8-11(15)7-12(16)9-13/h7-10H,2-6,16H2,1H3. The lowest BCUT2D eigenvalue weighted by atomic mass is 10.1. The molecule has 2 N–H and O–H groups in total. The molecule has 2 rings (SSSR count). The van der Waals surface area contributed by atoms with Crippen molar-refractivity contribution in [3.05, 3.63) is 24.0 Å². The van der Waals surface area contributed by atoms with Gasteiger partial charge in [-0.1, -0.05) is 0 Å². The van der Waals surface area contributed by atoms with E-state index in [0.717, 1.165) is 25.3 Å². The van der Waals surface area contributed by atoms with Crippen LogP contribution in [0.15, 0.2) is 23.1 Å². The number of anilines is 1. The van der Waals surface area contributed by atoms with Gasteiger partial charge < -0.3 is 10.6 Å². The van der Waals surface area contributed by atoms with Gasteiger partial charge in [-0.05, 0) is 44.4 Å². The minimum Gasteiger partial charge on any atom is -0.399 e. The third kappa shape index (κ3) is 3.36. The topological polar surface area (TPSA) is 63.4 Å². The summed E-state index contributed by atoms with van der Waals surface area (Å²) in [5.74, 6) is -0.670. The zero-order valence-corrected chi connectivity index (χ0v) is 12.3. The zero-order chi connectivity index (χ0) is 14.7. The Bertz CT molecular complexity index is 510. The highest BCUT2D eigenvalue weighted by atomic mass is 32.2. The first-order chi connectivity index (χ1) is 9.49. The van der Waals surface area contributed by atoms with Gasteiger partial charge in [0.15, 0.2) is 0 Å². The second-order valence-electron chi connectivity index (χ2n) is 5.05. The quantitative estimate of drug-likeness (QED) is 0.867. The SMILES string of the molecule is CC(C(=O)N1CCCCC1)S(=O)c1cc(N)cc(F)c1. The molecule has 1 aromatic carbocycles. The Labute approximate surface area is 120 Å². The third-order valence-corrected chi connectivity index (χ3v) is 5.01. The predicted octanol–water partition coefficient (Wildman–Crippen LogP) is 1.92. The van der Waals surface area contributed by atoms with Crippen LogP contribution in [0.5, 0.6) is 0 Å². The number of carbonyl (C=O) groups excluding carboxylic acids is 1. The van der Waals surface area contributed by atoms with Crippen LogP contribution in [0.3, 0.4) is 0 Å². The fourth-order valence-corrected chi connectivity index (χ4v) is 3.59. The minimum atomic E-state index is -1.59. The number of amides is 1. The van der Waals surface area contributed by atoms with Crippen LogP contribution in [-0.4, -0.2) is 33.4 Å². The first kappa shape index (κ1) is 15.0. The van der Waals surface area contributed by atoms with Crippen molar-refractivity contribution in [2.75, 3.05) is 18.8 Å². The molecule has 1 heterocycles. The van der Waals surface area contributed by atoms with Crippen LogP contribution in [0.1, 0.15) is 26.2 Å². The maximum absolute atomic E-state index is 13.3. The van der Waals surface area contributed by atoms with Crippen LogP contribution in [0.25, 0.3) is 0 Å². The Balaban J connectivity index is 2.12. The number of benzene rings is 1. The molecule has 0 saturated carbocycles. The molecule has 1 saturated heterocycles. The molecule has 1 aliphatic rings. The highest BCUT2D eigenvalue weighted by Crippen LogP contribution is 2.19. The smallest absolute Gasteiger partial charge is 0.238 e. The summed E-state index contributed by atoms with van der Waals surface area (Å²) in [4.78, 5) is 14.3. The van der Waals surface area contributed by atoms with Gasteiger partial charge in [0.05, 0.1) is 10.8 Å². The number of rotatable bonds is 3. The van der Waals surface area contributed by atoms with Gasteiger partial charge >= 0.3 is 0 Å². The van der Waals surface area contributed by atoms with Crippen molar-refractivity contribution in [3.8, 4) is 0 Å². The van der Waals surface area contributed by atoms with Crippen molar-refractivity contribution in [2.24, 2.45) is 0 Å². The number of halogens is 1. The fourth-order valence-electron chi connectivity index (χ4n) is 2.37. The van der Waals surface area contributed by atoms with E-state index in [4.69, 9.17) is 5.73 Å². The summed E-state index contributed by atoms with van der Waals surface area (Å²) >= 11 is 0. The summed E-state index contributed by atoms with van der Waals surface area (Å²) in [5, 5.41) is -0.686. The summed E-state index contributed by atoms with van der Waals surface area (Å²) in [6, 6.07) is 3.80. The molecular weight excluding hydrogens is 279 g/mol. The van der Waals surface area contributed by atoms with Crippen LogP contribution in [0, 0.1) is 5.82 Å². The molecule has 20 heavy (non-hydrogen) atoms. The van der Waals surface area contributed by atoms with E-state index in [1.54, 1.807) is 11.8 Å². The van der Waals surface area contributed by atoms with E-state index in [0.29, 0.717) is 13.1 Å². The molecule has 1 amide bonds. The molecule has 110 valence electrons. The van der Waals surface area contributed by atoms with E-state index in [9.17, 15) is 13.4 Å². The van der Waals surface area contributed by atoms with E-state index >= 15 is 0 Å². The number of nitrogens with zero attached hydrogens (tertiary/aromatic N) is 1. The van der Waals surface area contributed by atoms with E-state index in [1.165, 1.54) is 12.1 Å². The monoisotopic (exact) mass is 298 g/mol. The van der Waals surface area contributed by atoms with Gasteiger partial charge in [-0.25, -0.2) is 4.39 Å². The first-order valence-corrected chi connectivity index (χ1v) is 7.96. The second kappa shape index (κ2) is 6.35. The van der Waals surface area contributed by atoms with E-state index in [-0.39, 0.29) is 16.5 Å². The van der Waals surface area contributed by atoms with Crippen LogP contribution in [-0.2, 0) is 15.6 Å². The van der Waals surface area contributed by atoms with Crippen LogP contribution >= 0.6 is 0 Å². The van der Waals surface area contributed by atoms with Gasteiger partial charge in [0.1, 0.15) is 11.1 Å². The molecule has 2 atom stereocenters. The molecule has 0 aliphatic carbocycles. The number of nitrogens with two attached hydrogens (primary N) is 1. The summed E-state index contributed by atoms with van der Waals surface area (Å²) in [5.41, 5.74) is 5.76.